The van der Waals surface area contributed by atoms with Gasteiger partial charge in [0.2, 0.25) is 0 Å². The number of ether oxygens (including phenoxy) is 1. The number of benzene rings is 2. The summed E-state index contributed by atoms with van der Waals surface area (Å²) in [6.07, 6.45) is 1.55. The number of amidine groups is 1. The molecular weight excluding hydrogens is 460 g/mol. The number of aliphatic imine (C=N–C) groups is 1. The number of nitrogens with zero attached hydrogens (tertiary/aromatic N) is 2. The Bertz CT molecular complexity index is 1270. The van der Waals surface area contributed by atoms with Crippen molar-refractivity contribution in [2.24, 2.45) is 10.9 Å². The summed E-state index contributed by atoms with van der Waals surface area (Å²) >= 11 is 1.34. The highest BCUT2D eigenvalue weighted by molar-refractivity contribution is 8.18. The van der Waals surface area contributed by atoms with E-state index < -0.39 is 0 Å². The van der Waals surface area contributed by atoms with Crippen LogP contribution in [0.5, 0.6) is 0 Å². The molecular formula is C28H28N2O4S. The Labute approximate surface area is 209 Å². The van der Waals surface area contributed by atoms with Crippen molar-refractivity contribution in [1.82, 2.24) is 4.90 Å². The molecule has 7 heteroatoms. The van der Waals surface area contributed by atoms with Crippen LogP contribution in [0.4, 0.5) is 5.69 Å². The van der Waals surface area contributed by atoms with Crippen molar-refractivity contribution in [2.75, 3.05) is 6.54 Å². The van der Waals surface area contributed by atoms with Gasteiger partial charge in [-0.2, -0.15) is 0 Å². The van der Waals surface area contributed by atoms with Gasteiger partial charge in [-0.3, -0.25) is 9.69 Å². The van der Waals surface area contributed by atoms with Crippen LogP contribution in [0.25, 0.3) is 17.4 Å². The number of hydrogen-bond donors (Lipinski definition) is 0. The minimum Gasteiger partial charge on any atom is -0.459 e. The average Bonchev–Trinajstić information content (AvgIpc) is 3.40. The lowest BCUT2D eigenvalue weighted by atomic mass is 10.1. The van der Waals surface area contributed by atoms with E-state index in [2.05, 4.69) is 13.8 Å². The largest absolute Gasteiger partial charge is 0.459 e. The van der Waals surface area contributed by atoms with Crippen molar-refractivity contribution in [1.29, 1.82) is 0 Å². The quantitative estimate of drug-likeness (QED) is 0.271. The second kappa shape index (κ2) is 10.8. The van der Waals surface area contributed by atoms with Crippen LogP contribution in [-0.2, 0) is 9.53 Å². The van der Waals surface area contributed by atoms with Crippen LogP contribution in [0.2, 0.25) is 0 Å². The van der Waals surface area contributed by atoms with Crippen molar-refractivity contribution in [2.45, 2.75) is 33.8 Å². The monoisotopic (exact) mass is 488 g/mol. The van der Waals surface area contributed by atoms with Crippen molar-refractivity contribution in [3.05, 3.63) is 83.0 Å². The molecule has 1 aliphatic rings. The number of hydrogen-bond acceptors (Lipinski definition) is 6. The Morgan fingerprint density at radius 3 is 2.54 bits per heavy atom. The maximum Gasteiger partial charge on any atom is 0.338 e. The summed E-state index contributed by atoms with van der Waals surface area (Å²) < 4.78 is 11.3. The Morgan fingerprint density at radius 2 is 1.83 bits per heavy atom. The number of para-hydroxylation sites is 1. The number of amides is 1. The van der Waals surface area contributed by atoms with E-state index in [0.29, 0.717) is 39.6 Å². The predicted octanol–water partition coefficient (Wildman–Crippen LogP) is 6.77. The normalized spacial score (nSPS) is 16.2. The third-order valence-corrected chi connectivity index (χ3v) is 6.05. The fourth-order valence-corrected chi connectivity index (χ4v) is 4.51. The standard InChI is InChI=1S/C28H28N2O4S/c1-18(2)17-30-26(31)25(35-28(30)29-22-11-6-5-7-12-22)16-23-13-14-24(34-23)20-9-8-10-21(15-20)27(32)33-19(3)4/h5-16,18-19H,17H2,1-4H3/b25-16+,29-28?. The topological polar surface area (TPSA) is 72.1 Å². The highest BCUT2D eigenvalue weighted by Crippen LogP contribution is 2.35. The van der Waals surface area contributed by atoms with Gasteiger partial charge in [0.15, 0.2) is 5.17 Å². The smallest absolute Gasteiger partial charge is 0.338 e. The van der Waals surface area contributed by atoms with Crippen molar-refractivity contribution >= 4 is 40.6 Å². The molecule has 35 heavy (non-hydrogen) atoms. The highest BCUT2D eigenvalue weighted by atomic mass is 32.2. The first-order valence-electron chi connectivity index (χ1n) is 11.6. The SMILES string of the molecule is CC(C)CN1C(=O)/C(=C\c2ccc(-c3cccc(C(=O)OC(C)C)c3)o2)SC1=Nc1ccccc1. The van der Waals surface area contributed by atoms with E-state index in [9.17, 15) is 9.59 Å². The van der Waals surface area contributed by atoms with Crippen LogP contribution in [0, 0.1) is 5.92 Å². The maximum atomic E-state index is 13.2. The van der Waals surface area contributed by atoms with E-state index in [-0.39, 0.29) is 18.0 Å². The third-order valence-electron chi connectivity index (χ3n) is 5.04. The molecule has 1 fully saturated rings. The van der Waals surface area contributed by atoms with Crippen LogP contribution < -0.4 is 0 Å². The summed E-state index contributed by atoms with van der Waals surface area (Å²) in [5.74, 6) is 0.985. The van der Waals surface area contributed by atoms with E-state index in [0.717, 1.165) is 11.3 Å². The Balaban J connectivity index is 1.59. The Kier molecular flexibility index (Phi) is 7.56. The number of esters is 1. The van der Waals surface area contributed by atoms with Gasteiger partial charge in [-0.25, -0.2) is 9.79 Å². The summed E-state index contributed by atoms with van der Waals surface area (Å²) in [4.78, 5) is 32.4. The van der Waals surface area contributed by atoms with E-state index in [1.54, 1.807) is 29.2 Å². The molecule has 1 saturated heterocycles. The highest BCUT2D eigenvalue weighted by Gasteiger charge is 2.34. The van der Waals surface area contributed by atoms with Crippen LogP contribution >= 0.6 is 11.8 Å². The van der Waals surface area contributed by atoms with Gasteiger partial charge in [-0.05, 0) is 67.9 Å². The zero-order valence-corrected chi connectivity index (χ0v) is 21.0. The van der Waals surface area contributed by atoms with Gasteiger partial charge in [-0.1, -0.05) is 44.2 Å². The summed E-state index contributed by atoms with van der Waals surface area (Å²) in [5, 5.41) is 0.657. The van der Waals surface area contributed by atoms with E-state index >= 15 is 0 Å². The second-order valence-corrected chi connectivity index (χ2v) is 9.90. The molecule has 2 heterocycles. The van der Waals surface area contributed by atoms with Gasteiger partial charge in [0.25, 0.3) is 5.91 Å². The Hall–Kier alpha value is -3.58. The molecule has 0 spiro atoms. The summed E-state index contributed by atoms with van der Waals surface area (Å²) in [6.45, 7) is 8.36. The minimum absolute atomic E-state index is 0.0882. The molecule has 1 amide bonds. The van der Waals surface area contributed by atoms with Crippen LogP contribution in [0.3, 0.4) is 0 Å². The number of rotatable bonds is 7. The van der Waals surface area contributed by atoms with E-state index in [1.807, 2.05) is 62.4 Å². The first kappa shape index (κ1) is 24.5. The molecule has 0 atom stereocenters. The van der Waals surface area contributed by atoms with Gasteiger partial charge in [0.05, 0.1) is 22.3 Å². The zero-order valence-electron chi connectivity index (χ0n) is 20.2. The van der Waals surface area contributed by atoms with Gasteiger partial charge < -0.3 is 9.15 Å². The second-order valence-electron chi connectivity index (χ2n) is 8.89. The number of carbonyl (C=O) groups excluding carboxylic acids is 2. The molecule has 0 unspecified atom stereocenters. The van der Waals surface area contributed by atoms with E-state index in [4.69, 9.17) is 14.1 Å². The average molecular weight is 489 g/mol. The Morgan fingerprint density at radius 1 is 1.06 bits per heavy atom. The summed E-state index contributed by atoms with van der Waals surface area (Å²) in [6, 6.07) is 20.4. The van der Waals surface area contributed by atoms with Crippen LogP contribution in [0.1, 0.15) is 43.8 Å². The number of furan rings is 1. The summed E-state index contributed by atoms with van der Waals surface area (Å²) in [5.41, 5.74) is 2.01. The van der Waals surface area contributed by atoms with Crippen molar-refractivity contribution in [3.63, 3.8) is 0 Å². The first-order valence-corrected chi connectivity index (χ1v) is 12.4. The molecule has 0 saturated carbocycles. The first-order chi connectivity index (χ1) is 16.8. The molecule has 0 N–H and O–H groups in total. The molecule has 6 nitrogen and oxygen atoms in total. The molecule has 0 radical (unpaired) electrons. The molecule has 0 bridgehead atoms. The van der Waals surface area contributed by atoms with Gasteiger partial charge in [0.1, 0.15) is 11.5 Å². The number of carbonyl (C=O) groups is 2. The van der Waals surface area contributed by atoms with Crippen LogP contribution in [-0.4, -0.2) is 34.6 Å². The lowest BCUT2D eigenvalue weighted by Gasteiger charge is -2.17. The van der Waals surface area contributed by atoms with Crippen molar-refractivity contribution in [3.8, 4) is 11.3 Å². The minimum atomic E-state index is -0.376. The molecule has 1 aliphatic heterocycles. The van der Waals surface area contributed by atoms with Crippen LogP contribution in [0.15, 0.2) is 81.0 Å². The lowest BCUT2D eigenvalue weighted by Crippen LogP contribution is -2.32. The van der Waals surface area contributed by atoms with Gasteiger partial charge >= 0.3 is 5.97 Å². The summed E-state index contributed by atoms with van der Waals surface area (Å²) in [7, 11) is 0. The maximum absolute atomic E-state index is 13.2. The molecule has 3 aromatic rings. The van der Waals surface area contributed by atoms with Crippen molar-refractivity contribution < 1.29 is 18.7 Å². The molecule has 180 valence electrons. The molecule has 4 rings (SSSR count). The van der Waals surface area contributed by atoms with E-state index in [1.165, 1.54) is 11.8 Å². The van der Waals surface area contributed by atoms with Gasteiger partial charge in [0, 0.05) is 18.2 Å². The molecule has 1 aromatic heterocycles. The zero-order chi connectivity index (χ0) is 24.9. The fraction of sp³-hybridized carbons (Fsp3) is 0.250. The fourth-order valence-electron chi connectivity index (χ4n) is 3.53. The molecule has 0 aliphatic carbocycles. The van der Waals surface area contributed by atoms with Gasteiger partial charge in [-0.15, -0.1) is 0 Å². The predicted molar refractivity (Wildman–Crippen MR) is 140 cm³/mol. The number of thioether (sulfide) groups is 1. The molecule has 2 aromatic carbocycles. The lowest BCUT2D eigenvalue weighted by molar-refractivity contribution is -0.122. The third kappa shape index (κ3) is 6.11.